The zero-order valence-corrected chi connectivity index (χ0v) is 18.4. The predicted octanol–water partition coefficient (Wildman–Crippen LogP) is 3.46. The molecule has 1 saturated heterocycles. The highest BCUT2D eigenvalue weighted by Crippen LogP contribution is 2.33. The number of nitrogens with one attached hydrogen (secondary N) is 2. The van der Waals surface area contributed by atoms with E-state index in [1.165, 1.54) is 12.1 Å². The second kappa shape index (κ2) is 10.2. The van der Waals surface area contributed by atoms with Crippen molar-refractivity contribution in [3.05, 3.63) is 58.0 Å². The molecule has 7 nitrogen and oxygen atoms in total. The molecule has 2 aromatic rings. The summed E-state index contributed by atoms with van der Waals surface area (Å²) in [6.45, 7) is 3.26. The molecule has 1 aromatic heterocycles. The molecular weight excluding hydrogens is 466 g/mol. The number of carbonyl (C=O) groups is 2. The van der Waals surface area contributed by atoms with Crippen LogP contribution in [0, 0.1) is 12.7 Å². The van der Waals surface area contributed by atoms with Gasteiger partial charge in [0.15, 0.2) is 0 Å². The van der Waals surface area contributed by atoms with Crippen molar-refractivity contribution in [2.24, 2.45) is 0 Å². The normalized spacial score (nSPS) is 14.2. The van der Waals surface area contributed by atoms with E-state index >= 15 is 0 Å². The number of anilines is 1. The second-order valence-corrected chi connectivity index (χ2v) is 7.86. The smallest absolute Gasteiger partial charge is 0.352 e. The van der Waals surface area contributed by atoms with Gasteiger partial charge in [-0.15, -0.1) is 0 Å². The SMILES string of the molecule is Cc1ccc(C(=O)NCCNC(=O)N2CCN(c3ncc(C(F)(F)F)cc3Cl)CC2)cc1F. The Morgan fingerprint density at radius 2 is 1.76 bits per heavy atom. The summed E-state index contributed by atoms with van der Waals surface area (Å²) in [6, 6.07) is 4.68. The van der Waals surface area contributed by atoms with Crippen LogP contribution in [0.3, 0.4) is 0 Å². The Kier molecular flexibility index (Phi) is 7.62. The van der Waals surface area contributed by atoms with E-state index in [9.17, 15) is 27.2 Å². The molecule has 2 heterocycles. The fraction of sp³-hybridized carbons (Fsp3) is 0.381. The van der Waals surface area contributed by atoms with E-state index < -0.39 is 23.5 Å². The lowest BCUT2D eigenvalue weighted by Gasteiger charge is -2.35. The minimum absolute atomic E-state index is 0.105. The van der Waals surface area contributed by atoms with E-state index in [4.69, 9.17) is 11.6 Å². The van der Waals surface area contributed by atoms with Gasteiger partial charge in [0.25, 0.3) is 5.91 Å². The molecule has 1 aliphatic rings. The fourth-order valence-electron chi connectivity index (χ4n) is 3.23. The Morgan fingerprint density at radius 3 is 2.36 bits per heavy atom. The number of alkyl halides is 3. The molecule has 3 amide bonds. The monoisotopic (exact) mass is 487 g/mol. The quantitative estimate of drug-likeness (QED) is 0.500. The molecule has 1 aliphatic heterocycles. The number of nitrogens with zero attached hydrogens (tertiary/aromatic N) is 3. The zero-order valence-electron chi connectivity index (χ0n) is 17.7. The van der Waals surface area contributed by atoms with E-state index in [-0.39, 0.29) is 35.5 Å². The first-order valence-electron chi connectivity index (χ1n) is 10.1. The van der Waals surface area contributed by atoms with Crippen LogP contribution in [-0.2, 0) is 6.18 Å². The number of aryl methyl sites for hydroxylation is 1. The molecule has 12 heteroatoms. The van der Waals surface area contributed by atoms with E-state index in [0.29, 0.717) is 31.7 Å². The van der Waals surface area contributed by atoms with Gasteiger partial charge in [-0.05, 0) is 30.7 Å². The lowest BCUT2D eigenvalue weighted by Crippen LogP contribution is -2.52. The highest BCUT2D eigenvalue weighted by atomic mass is 35.5. The summed E-state index contributed by atoms with van der Waals surface area (Å²) < 4.78 is 51.9. The number of aromatic nitrogens is 1. The summed E-state index contributed by atoms with van der Waals surface area (Å²) in [5.41, 5.74) is -0.291. The van der Waals surface area contributed by atoms with Gasteiger partial charge in [0.1, 0.15) is 11.6 Å². The van der Waals surface area contributed by atoms with Gasteiger partial charge in [-0.3, -0.25) is 4.79 Å². The standard InChI is InChI=1S/C21H22ClF4N5O2/c1-13-2-3-14(10-17(13)23)19(32)27-4-5-28-20(33)31-8-6-30(7-9-31)18-16(22)11-15(12-29-18)21(24,25)26/h2-3,10-12H,4-9H2,1H3,(H,27,32)(H,28,33). The van der Waals surface area contributed by atoms with Gasteiger partial charge in [0, 0.05) is 51.0 Å². The number of carbonyl (C=O) groups excluding carboxylic acids is 2. The number of rotatable bonds is 5. The molecule has 2 N–H and O–H groups in total. The van der Waals surface area contributed by atoms with Crippen molar-refractivity contribution in [3.8, 4) is 0 Å². The molecule has 1 aromatic carbocycles. The van der Waals surface area contributed by atoms with Crippen molar-refractivity contribution in [2.45, 2.75) is 13.1 Å². The van der Waals surface area contributed by atoms with E-state index in [1.54, 1.807) is 16.7 Å². The first-order chi connectivity index (χ1) is 15.6. The lowest BCUT2D eigenvalue weighted by molar-refractivity contribution is -0.137. The first-order valence-corrected chi connectivity index (χ1v) is 10.5. The van der Waals surface area contributed by atoms with Gasteiger partial charge in [-0.2, -0.15) is 13.2 Å². The number of piperazine rings is 1. The van der Waals surface area contributed by atoms with Gasteiger partial charge < -0.3 is 20.4 Å². The third-order valence-corrected chi connectivity index (χ3v) is 5.41. The van der Waals surface area contributed by atoms with Crippen molar-refractivity contribution in [2.75, 3.05) is 44.2 Å². The number of urea groups is 1. The third-order valence-electron chi connectivity index (χ3n) is 5.14. The van der Waals surface area contributed by atoms with Crippen molar-refractivity contribution < 1.29 is 27.2 Å². The maximum absolute atomic E-state index is 13.6. The van der Waals surface area contributed by atoms with E-state index in [2.05, 4.69) is 15.6 Å². The van der Waals surface area contributed by atoms with Gasteiger partial charge in [0.2, 0.25) is 0 Å². The summed E-state index contributed by atoms with van der Waals surface area (Å²) in [4.78, 5) is 31.5. The molecule has 0 spiro atoms. The van der Waals surface area contributed by atoms with Crippen LogP contribution in [-0.4, -0.2) is 61.1 Å². The number of halogens is 5. The Bertz CT molecular complexity index is 1030. The van der Waals surface area contributed by atoms with Crippen LogP contribution in [0.4, 0.5) is 28.2 Å². The maximum Gasteiger partial charge on any atom is 0.417 e. The van der Waals surface area contributed by atoms with Gasteiger partial charge in [-0.25, -0.2) is 14.2 Å². The zero-order chi connectivity index (χ0) is 24.2. The highest BCUT2D eigenvalue weighted by Gasteiger charge is 2.32. The Labute approximate surface area is 192 Å². The van der Waals surface area contributed by atoms with Crippen molar-refractivity contribution in [1.82, 2.24) is 20.5 Å². The van der Waals surface area contributed by atoms with Crippen LogP contribution in [0.25, 0.3) is 0 Å². The summed E-state index contributed by atoms with van der Waals surface area (Å²) in [6.07, 6.45) is -3.79. The summed E-state index contributed by atoms with van der Waals surface area (Å²) in [5, 5.41) is 5.18. The van der Waals surface area contributed by atoms with Crippen LogP contribution in [0.15, 0.2) is 30.5 Å². The van der Waals surface area contributed by atoms with Crippen molar-refractivity contribution >= 4 is 29.4 Å². The molecule has 0 aliphatic carbocycles. The number of hydrogen-bond acceptors (Lipinski definition) is 4. The Morgan fingerprint density at radius 1 is 1.09 bits per heavy atom. The number of hydrogen-bond donors (Lipinski definition) is 2. The van der Waals surface area contributed by atoms with Crippen LogP contribution in [0.1, 0.15) is 21.5 Å². The molecule has 1 fully saturated rings. The molecule has 178 valence electrons. The number of pyridine rings is 1. The molecule has 33 heavy (non-hydrogen) atoms. The van der Waals surface area contributed by atoms with Crippen LogP contribution in [0.2, 0.25) is 5.02 Å². The van der Waals surface area contributed by atoms with Crippen LogP contribution in [0.5, 0.6) is 0 Å². The van der Waals surface area contributed by atoms with Crippen LogP contribution >= 0.6 is 11.6 Å². The van der Waals surface area contributed by atoms with Crippen molar-refractivity contribution in [1.29, 1.82) is 0 Å². The van der Waals surface area contributed by atoms with Gasteiger partial charge in [0.05, 0.1) is 10.6 Å². The average molecular weight is 488 g/mol. The summed E-state index contributed by atoms with van der Waals surface area (Å²) in [7, 11) is 0. The van der Waals surface area contributed by atoms with Gasteiger partial charge >= 0.3 is 12.2 Å². The molecule has 3 rings (SSSR count). The average Bonchev–Trinajstić information content (AvgIpc) is 2.77. The molecule has 0 bridgehead atoms. The molecule has 0 radical (unpaired) electrons. The minimum atomic E-state index is -4.53. The van der Waals surface area contributed by atoms with E-state index in [1.807, 2.05) is 0 Å². The fourth-order valence-corrected chi connectivity index (χ4v) is 3.52. The maximum atomic E-state index is 13.6. The Balaban J connectivity index is 1.42. The number of benzene rings is 1. The minimum Gasteiger partial charge on any atom is -0.352 e. The van der Waals surface area contributed by atoms with Crippen LogP contribution < -0.4 is 15.5 Å². The second-order valence-electron chi connectivity index (χ2n) is 7.45. The Hall–Kier alpha value is -3.08. The predicted molar refractivity (Wildman–Crippen MR) is 115 cm³/mol. The molecular formula is C21H22ClF4N5O2. The number of amides is 3. The topological polar surface area (TPSA) is 77.6 Å². The third kappa shape index (κ3) is 6.25. The largest absolute Gasteiger partial charge is 0.417 e. The molecule has 0 atom stereocenters. The summed E-state index contributed by atoms with van der Waals surface area (Å²) >= 11 is 5.99. The first kappa shape index (κ1) is 24.6. The lowest BCUT2D eigenvalue weighted by atomic mass is 10.1. The van der Waals surface area contributed by atoms with Crippen molar-refractivity contribution in [3.63, 3.8) is 0 Å². The highest BCUT2D eigenvalue weighted by molar-refractivity contribution is 6.33. The van der Waals surface area contributed by atoms with Gasteiger partial charge in [-0.1, -0.05) is 17.7 Å². The summed E-state index contributed by atoms with van der Waals surface area (Å²) in [5.74, 6) is -0.680. The molecule has 0 unspecified atom stereocenters. The van der Waals surface area contributed by atoms with E-state index in [0.717, 1.165) is 18.3 Å². The molecule has 0 saturated carbocycles.